The largest absolute Gasteiger partial charge is 0.360 e. The fraction of sp³-hybridized carbons (Fsp3) is 0.294. The summed E-state index contributed by atoms with van der Waals surface area (Å²) < 4.78 is 17.6. The number of hydrogen-bond donors (Lipinski definition) is 0. The van der Waals surface area contributed by atoms with E-state index in [1.165, 1.54) is 0 Å². The molecule has 0 aliphatic carbocycles. The van der Waals surface area contributed by atoms with Gasteiger partial charge in [0.05, 0.1) is 22.2 Å². The molecule has 0 bridgehead atoms. The van der Waals surface area contributed by atoms with E-state index in [0.29, 0.717) is 23.2 Å². The second-order valence-electron chi connectivity index (χ2n) is 5.60. The van der Waals surface area contributed by atoms with Gasteiger partial charge < -0.3 is 4.52 Å². The Labute approximate surface area is 142 Å². The molecule has 0 aliphatic heterocycles. The molecule has 0 saturated heterocycles. The van der Waals surface area contributed by atoms with Gasteiger partial charge in [-0.3, -0.25) is 4.21 Å². The molecule has 6 heteroatoms. The Morgan fingerprint density at radius 2 is 2.00 bits per heavy atom. The Kier molecular flexibility index (Phi) is 5.03. The van der Waals surface area contributed by atoms with Crippen molar-refractivity contribution in [2.45, 2.75) is 31.3 Å². The zero-order valence-electron chi connectivity index (χ0n) is 13.1. The molecule has 0 spiro atoms. The van der Waals surface area contributed by atoms with Gasteiger partial charge in [0.2, 0.25) is 0 Å². The summed E-state index contributed by atoms with van der Waals surface area (Å²) in [7, 11) is -1.05. The highest BCUT2D eigenvalue weighted by Gasteiger charge is 2.12. The molecule has 0 aliphatic rings. The zero-order valence-corrected chi connectivity index (χ0v) is 14.7. The SMILES string of the molecule is CC(C)c1nc(CS(=O)Cc2cc(-c3ccccc3)no2)cs1. The Morgan fingerprint density at radius 1 is 1.22 bits per heavy atom. The van der Waals surface area contributed by atoms with Crippen molar-refractivity contribution in [3.8, 4) is 11.3 Å². The van der Waals surface area contributed by atoms with Crippen LogP contribution in [0.25, 0.3) is 11.3 Å². The van der Waals surface area contributed by atoms with Crippen molar-refractivity contribution in [2.75, 3.05) is 0 Å². The fourth-order valence-corrected chi connectivity index (χ4v) is 4.13. The van der Waals surface area contributed by atoms with Crippen LogP contribution >= 0.6 is 11.3 Å². The van der Waals surface area contributed by atoms with Gasteiger partial charge in [-0.2, -0.15) is 0 Å². The number of nitrogens with zero attached hydrogens (tertiary/aromatic N) is 2. The van der Waals surface area contributed by atoms with Crippen LogP contribution in [0.1, 0.15) is 36.2 Å². The van der Waals surface area contributed by atoms with E-state index in [0.717, 1.165) is 22.0 Å². The van der Waals surface area contributed by atoms with E-state index < -0.39 is 10.8 Å². The van der Waals surface area contributed by atoms with Crippen molar-refractivity contribution < 1.29 is 8.73 Å². The molecule has 0 fully saturated rings. The van der Waals surface area contributed by atoms with Crippen LogP contribution in [0.15, 0.2) is 46.3 Å². The van der Waals surface area contributed by atoms with Crippen LogP contribution in [0.3, 0.4) is 0 Å². The zero-order chi connectivity index (χ0) is 16.2. The van der Waals surface area contributed by atoms with Crippen molar-refractivity contribution in [3.63, 3.8) is 0 Å². The van der Waals surface area contributed by atoms with Crippen LogP contribution in [0.2, 0.25) is 0 Å². The molecule has 0 N–H and O–H groups in total. The van der Waals surface area contributed by atoms with Crippen molar-refractivity contribution >= 4 is 22.1 Å². The summed E-state index contributed by atoms with van der Waals surface area (Å²) in [4.78, 5) is 4.52. The number of rotatable bonds is 6. The lowest BCUT2D eigenvalue weighted by Crippen LogP contribution is -1.99. The van der Waals surface area contributed by atoms with Gasteiger partial charge in [-0.25, -0.2) is 4.98 Å². The average Bonchev–Trinajstić information content (AvgIpc) is 3.18. The van der Waals surface area contributed by atoms with Crippen LogP contribution in [-0.4, -0.2) is 14.3 Å². The summed E-state index contributed by atoms with van der Waals surface area (Å²) in [6.07, 6.45) is 0. The average molecular weight is 346 g/mol. The van der Waals surface area contributed by atoms with Crippen LogP contribution in [0, 0.1) is 0 Å². The van der Waals surface area contributed by atoms with Crippen LogP contribution in [0.5, 0.6) is 0 Å². The van der Waals surface area contributed by atoms with Gasteiger partial charge in [-0.1, -0.05) is 49.3 Å². The van der Waals surface area contributed by atoms with Crippen molar-refractivity contribution in [1.29, 1.82) is 0 Å². The summed E-state index contributed by atoms with van der Waals surface area (Å²) in [6.45, 7) is 4.22. The highest BCUT2D eigenvalue weighted by molar-refractivity contribution is 7.83. The van der Waals surface area contributed by atoms with E-state index in [9.17, 15) is 4.21 Å². The second kappa shape index (κ2) is 7.19. The molecule has 1 unspecified atom stereocenters. The molecule has 1 atom stereocenters. The molecule has 3 aromatic rings. The highest BCUT2D eigenvalue weighted by Crippen LogP contribution is 2.22. The molecule has 3 rings (SSSR count). The number of thiazole rings is 1. The van der Waals surface area contributed by atoms with E-state index in [1.54, 1.807) is 11.3 Å². The van der Waals surface area contributed by atoms with Gasteiger partial charge in [-0.05, 0) is 0 Å². The second-order valence-corrected chi connectivity index (χ2v) is 7.95. The Bertz CT molecular complexity index is 794. The molecule has 120 valence electrons. The lowest BCUT2D eigenvalue weighted by molar-refractivity contribution is 0.396. The Hall–Kier alpha value is -1.79. The van der Waals surface area contributed by atoms with Crippen LogP contribution < -0.4 is 0 Å². The lowest BCUT2D eigenvalue weighted by Gasteiger charge is -1.98. The molecule has 0 saturated carbocycles. The maximum Gasteiger partial charge on any atom is 0.149 e. The maximum atomic E-state index is 12.3. The van der Waals surface area contributed by atoms with Gasteiger partial charge in [0, 0.05) is 33.7 Å². The molecular formula is C17H18N2O2S2. The van der Waals surface area contributed by atoms with E-state index in [4.69, 9.17) is 4.52 Å². The van der Waals surface area contributed by atoms with Gasteiger partial charge in [-0.15, -0.1) is 11.3 Å². The predicted octanol–water partition coefficient (Wildman–Crippen LogP) is 4.37. The molecule has 4 nitrogen and oxygen atoms in total. The molecule has 0 radical (unpaired) electrons. The van der Waals surface area contributed by atoms with E-state index in [2.05, 4.69) is 24.0 Å². The Balaban J connectivity index is 1.63. The first-order valence-corrected chi connectivity index (χ1v) is 9.79. The van der Waals surface area contributed by atoms with E-state index >= 15 is 0 Å². The third-order valence-corrected chi connectivity index (χ3v) is 5.72. The smallest absolute Gasteiger partial charge is 0.149 e. The monoisotopic (exact) mass is 346 g/mol. The summed E-state index contributed by atoms with van der Waals surface area (Å²) >= 11 is 1.63. The van der Waals surface area contributed by atoms with E-state index in [1.807, 2.05) is 41.8 Å². The highest BCUT2D eigenvalue weighted by atomic mass is 32.2. The summed E-state index contributed by atoms with van der Waals surface area (Å²) in [6, 6.07) is 11.7. The summed E-state index contributed by atoms with van der Waals surface area (Å²) in [5.74, 6) is 1.85. The van der Waals surface area contributed by atoms with Crippen molar-refractivity contribution in [1.82, 2.24) is 10.1 Å². The van der Waals surface area contributed by atoms with Gasteiger partial charge >= 0.3 is 0 Å². The van der Waals surface area contributed by atoms with Crippen LogP contribution in [0.4, 0.5) is 0 Å². The maximum absolute atomic E-state index is 12.3. The number of hydrogen-bond acceptors (Lipinski definition) is 5. The molecule has 0 amide bonds. The number of aromatic nitrogens is 2. The van der Waals surface area contributed by atoms with Gasteiger partial charge in [0.25, 0.3) is 0 Å². The third-order valence-electron chi connectivity index (χ3n) is 3.30. The van der Waals surface area contributed by atoms with Crippen LogP contribution in [-0.2, 0) is 22.3 Å². The molecule has 2 aromatic heterocycles. The minimum absolute atomic E-state index is 0.356. The third kappa shape index (κ3) is 4.14. The first-order valence-electron chi connectivity index (χ1n) is 7.42. The Morgan fingerprint density at radius 3 is 2.70 bits per heavy atom. The fourth-order valence-electron chi connectivity index (χ4n) is 2.15. The topological polar surface area (TPSA) is 56.0 Å². The predicted molar refractivity (Wildman–Crippen MR) is 93.7 cm³/mol. The minimum atomic E-state index is -1.05. The summed E-state index contributed by atoms with van der Waals surface area (Å²) in [5.41, 5.74) is 2.66. The quantitative estimate of drug-likeness (QED) is 0.665. The molecule has 23 heavy (non-hydrogen) atoms. The van der Waals surface area contributed by atoms with E-state index in [-0.39, 0.29) is 0 Å². The normalized spacial score (nSPS) is 12.7. The van der Waals surface area contributed by atoms with Gasteiger partial charge in [0.15, 0.2) is 0 Å². The first kappa shape index (κ1) is 16.1. The molecule has 2 heterocycles. The van der Waals surface area contributed by atoms with Gasteiger partial charge in [0.1, 0.15) is 11.5 Å². The summed E-state index contributed by atoms with van der Waals surface area (Å²) in [5, 5.41) is 7.13. The van der Waals surface area contributed by atoms with Crippen molar-refractivity contribution in [3.05, 3.63) is 58.2 Å². The lowest BCUT2D eigenvalue weighted by atomic mass is 10.1. The minimum Gasteiger partial charge on any atom is -0.360 e. The standard InChI is InChI=1S/C17H18N2O2S2/c1-12(2)17-18-14(9-22-17)10-23(20)11-15-8-16(19-21-15)13-6-4-3-5-7-13/h3-9,12H,10-11H2,1-2H3. The first-order chi connectivity index (χ1) is 11.1. The van der Waals surface area contributed by atoms with Crippen molar-refractivity contribution in [2.24, 2.45) is 0 Å². The number of benzene rings is 1. The molecule has 1 aromatic carbocycles. The molecular weight excluding hydrogens is 328 g/mol.